The summed E-state index contributed by atoms with van der Waals surface area (Å²) < 4.78 is 0. The Balaban J connectivity index is 2.10. The number of fused-ring (bicyclic) bond motifs is 1. The van der Waals surface area contributed by atoms with Gasteiger partial charge in [0.15, 0.2) is 5.78 Å². The third-order valence-corrected chi connectivity index (χ3v) is 3.20. The van der Waals surface area contributed by atoms with Crippen molar-refractivity contribution < 1.29 is 4.79 Å². The normalized spacial score (nSPS) is 10.7. The summed E-state index contributed by atoms with van der Waals surface area (Å²) >= 11 is 0. The number of para-hydroxylation sites is 1. The molecule has 5 N–H and O–H groups in total. The SMILES string of the molecule is Nc1cccc(C(=O)c2ccc3cc[nH]c3c2)c1N. The number of hydrogen-bond donors (Lipinski definition) is 3. The molecule has 3 rings (SSSR count). The average molecular weight is 251 g/mol. The molecule has 0 aliphatic carbocycles. The first-order valence-electron chi connectivity index (χ1n) is 5.92. The van der Waals surface area contributed by atoms with Crippen molar-refractivity contribution in [1.29, 1.82) is 0 Å². The highest BCUT2D eigenvalue weighted by Gasteiger charge is 2.14. The predicted octanol–water partition coefficient (Wildman–Crippen LogP) is 2.56. The molecule has 2 aromatic carbocycles. The Bertz CT molecular complexity index is 774. The van der Waals surface area contributed by atoms with Crippen LogP contribution < -0.4 is 11.5 Å². The number of aromatic nitrogens is 1. The second kappa shape index (κ2) is 4.17. The van der Waals surface area contributed by atoms with Gasteiger partial charge in [0.2, 0.25) is 0 Å². The van der Waals surface area contributed by atoms with E-state index < -0.39 is 0 Å². The fraction of sp³-hybridized carbons (Fsp3) is 0. The number of ketones is 1. The summed E-state index contributed by atoms with van der Waals surface area (Å²) in [7, 11) is 0. The van der Waals surface area contributed by atoms with Gasteiger partial charge in [-0.1, -0.05) is 18.2 Å². The lowest BCUT2D eigenvalue weighted by Crippen LogP contribution is -2.07. The molecule has 4 heteroatoms. The highest BCUT2D eigenvalue weighted by atomic mass is 16.1. The van der Waals surface area contributed by atoms with Crippen LogP contribution in [0.25, 0.3) is 10.9 Å². The fourth-order valence-corrected chi connectivity index (χ4v) is 2.13. The molecule has 19 heavy (non-hydrogen) atoms. The van der Waals surface area contributed by atoms with E-state index in [1.165, 1.54) is 0 Å². The van der Waals surface area contributed by atoms with Crippen molar-refractivity contribution >= 4 is 28.1 Å². The van der Waals surface area contributed by atoms with E-state index in [-0.39, 0.29) is 5.78 Å². The molecule has 0 atom stereocenters. The standard InChI is InChI=1S/C15H13N3O/c16-12-3-1-2-11(14(12)17)15(19)10-5-4-9-6-7-18-13(9)8-10/h1-8,18H,16-17H2. The third kappa shape index (κ3) is 1.83. The molecular formula is C15H13N3O. The molecule has 0 amide bonds. The van der Waals surface area contributed by atoms with Crippen LogP contribution in [0.15, 0.2) is 48.7 Å². The smallest absolute Gasteiger partial charge is 0.195 e. The number of carbonyl (C=O) groups excluding carboxylic acids is 1. The van der Waals surface area contributed by atoms with Gasteiger partial charge in [0.05, 0.1) is 11.4 Å². The summed E-state index contributed by atoms with van der Waals surface area (Å²) in [5, 5.41) is 1.07. The fourth-order valence-electron chi connectivity index (χ4n) is 2.13. The number of rotatable bonds is 2. The number of carbonyl (C=O) groups is 1. The Morgan fingerprint density at radius 2 is 1.89 bits per heavy atom. The van der Waals surface area contributed by atoms with Gasteiger partial charge in [-0.3, -0.25) is 4.79 Å². The van der Waals surface area contributed by atoms with Crippen molar-refractivity contribution in [2.24, 2.45) is 0 Å². The number of nitrogens with one attached hydrogen (secondary N) is 1. The number of nitrogens with two attached hydrogens (primary N) is 2. The Morgan fingerprint density at radius 1 is 1.05 bits per heavy atom. The van der Waals surface area contributed by atoms with Gasteiger partial charge >= 0.3 is 0 Å². The first kappa shape index (κ1) is 11.3. The summed E-state index contributed by atoms with van der Waals surface area (Å²) in [5.74, 6) is -0.124. The molecule has 0 aliphatic heterocycles. The van der Waals surface area contributed by atoms with E-state index >= 15 is 0 Å². The van der Waals surface area contributed by atoms with E-state index in [9.17, 15) is 4.79 Å². The van der Waals surface area contributed by atoms with Crippen LogP contribution in [-0.4, -0.2) is 10.8 Å². The minimum absolute atomic E-state index is 0.124. The lowest BCUT2D eigenvalue weighted by molar-refractivity contribution is 0.103. The van der Waals surface area contributed by atoms with Gasteiger partial charge in [-0.25, -0.2) is 0 Å². The van der Waals surface area contributed by atoms with Gasteiger partial charge in [0.25, 0.3) is 0 Å². The molecule has 1 heterocycles. The maximum absolute atomic E-state index is 12.4. The third-order valence-electron chi connectivity index (χ3n) is 3.20. The average Bonchev–Trinajstić information content (AvgIpc) is 2.88. The number of anilines is 2. The van der Waals surface area contributed by atoms with Crippen molar-refractivity contribution in [2.45, 2.75) is 0 Å². The summed E-state index contributed by atoms with van der Waals surface area (Å²) in [6.45, 7) is 0. The number of benzene rings is 2. The van der Waals surface area contributed by atoms with Crippen LogP contribution >= 0.6 is 0 Å². The summed E-state index contributed by atoms with van der Waals surface area (Å²) in [5.41, 5.74) is 14.3. The number of H-pyrrole nitrogens is 1. The van der Waals surface area contributed by atoms with E-state index in [0.29, 0.717) is 22.5 Å². The molecule has 94 valence electrons. The van der Waals surface area contributed by atoms with Gasteiger partial charge < -0.3 is 16.5 Å². The molecule has 0 aliphatic rings. The molecule has 0 spiro atoms. The Morgan fingerprint density at radius 3 is 2.74 bits per heavy atom. The van der Waals surface area contributed by atoms with Crippen LogP contribution in [-0.2, 0) is 0 Å². The second-order valence-corrected chi connectivity index (χ2v) is 4.42. The molecule has 0 unspecified atom stereocenters. The highest BCUT2D eigenvalue weighted by molar-refractivity contribution is 6.14. The van der Waals surface area contributed by atoms with E-state index in [0.717, 1.165) is 10.9 Å². The molecule has 0 bridgehead atoms. The topological polar surface area (TPSA) is 84.9 Å². The lowest BCUT2D eigenvalue weighted by Gasteiger charge is -2.07. The second-order valence-electron chi connectivity index (χ2n) is 4.42. The molecule has 1 aromatic heterocycles. The number of aromatic amines is 1. The van der Waals surface area contributed by atoms with Crippen LogP contribution in [0.4, 0.5) is 11.4 Å². The van der Waals surface area contributed by atoms with E-state index in [1.807, 2.05) is 24.4 Å². The zero-order valence-electron chi connectivity index (χ0n) is 10.2. The number of nitrogen functional groups attached to an aromatic ring is 2. The Kier molecular flexibility index (Phi) is 2.49. The van der Waals surface area contributed by atoms with Gasteiger partial charge in [-0.05, 0) is 29.7 Å². The molecule has 0 saturated carbocycles. The maximum Gasteiger partial charge on any atom is 0.195 e. The minimum Gasteiger partial charge on any atom is -0.397 e. The first-order valence-corrected chi connectivity index (χ1v) is 5.92. The van der Waals surface area contributed by atoms with Gasteiger partial charge in [0.1, 0.15) is 0 Å². The maximum atomic E-state index is 12.4. The number of hydrogen-bond acceptors (Lipinski definition) is 3. The molecule has 0 fully saturated rings. The summed E-state index contributed by atoms with van der Waals surface area (Å²) in [6.07, 6.45) is 1.84. The molecule has 4 nitrogen and oxygen atoms in total. The monoisotopic (exact) mass is 251 g/mol. The van der Waals surface area contributed by atoms with Crippen LogP contribution in [0, 0.1) is 0 Å². The van der Waals surface area contributed by atoms with Gasteiger partial charge in [-0.2, -0.15) is 0 Å². The quantitative estimate of drug-likeness (QED) is 0.483. The minimum atomic E-state index is -0.124. The van der Waals surface area contributed by atoms with Crippen LogP contribution in [0.5, 0.6) is 0 Å². The van der Waals surface area contributed by atoms with Crippen molar-refractivity contribution in [3.63, 3.8) is 0 Å². The van der Waals surface area contributed by atoms with Gasteiger partial charge in [0, 0.05) is 22.8 Å². The molecule has 3 aromatic rings. The van der Waals surface area contributed by atoms with Crippen LogP contribution in [0.1, 0.15) is 15.9 Å². The molecule has 0 saturated heterocycles. The Labute approximate surface area is 110 Å². The summed E-state index contributed by atoms with van der Waals surface area (Å²) in [6, 6.07) is 12.6. The molecular weight excluding hydrogens is 238 g/mol. The summed E-state index contributed by atoms with van der Waals surface area (Å²) in [4.78, 5) is 15.5. The largest absolute Gasteiger partial charge is 0.397 e. The zero-order chi connectivity index (χ0) is 13.4. The van der Waals surface area contributed by atoms with Crippen molar-refractivity contribution in [3.8, 4) is 0 Å². The first-order chi connectivity index (χ1) is 9.16. The van der Waals surface area contributed by atoms with Crippen molar-refractivity contribution in [3.05, 3.63) is 59.8 Å². The van der Waals surface area contributed by atoms with Crippen molar-refractivity contribution in [2.75, 3.05) is 11.5 Å². The lowest BCUT2D eigenvalue weighted by atomic mass is 10.0. The van der Waals surface area contributed by atoms with E-state index in [2.05, 4.69) is 4.98 Å². The zero-order valence-corrected chi connectivity index (χ0v) is 10.2. The van der Waals surface area contributed by atoms with Gasteiger partial charge in [-0.15, -0.1) is 0 Å². The predicted molar refractivity (Wildman–Crippen MR) is 77.0 cm³/mol. The van der Waals surface area contributed by atoms with Crippen LogP contribution in [0.3, 0.4) is 0 Å². The van der Waals surface area contributed by atoms with Crippen LogP contribution in [0.2, 0.25) is 0 Å². The molecule has 0 radical (unpaired) electrons. The van der Waals surface area contributed by atoms with Crippen molar-refractivity contribution in [1.82, 2.24) is 4.98 Å². The van der Waals surface area contributed by atoms with E-state index in [4.69, 9.17) is 11.5 Å². The van der Waals surface area contributed by atoms with E-state index in [1.54, 1.807) is 24.3 Å². The Hall–Kier alpha value is -2.75. The highest BCUT2D eigenvalue weighted by Crippen LogP contribution is 2.23.